The van der Waals surface area contributed by atoms with Crippen molar-refractivity contribution in [2.75, 3.05) is 5.32 Å². The number of rotatable bonds is 3. The molecule has 7 nitrogen and oxygen atoms in total. The molecule has 0 spiro atoms. The lowest BCUT2D eigenvalue weighted by Gasteiger charge is -2.07. The number of tetrazole rings is 1. The minimum Gasteiger partial charge on any atom is -0.320 e. The fraction of sp³-hybridized carbons (Fsp3) is 0.214. The zero-order valence-electron chi connectivity index (χ0n) is 11.6. The van der Waals surface area contributed by atoms with E-state index in [2.05, 4.69) is 25.8 Å². The third-order valence-corrected chi connectivity index (χ3v) is 4.89. The van der Waals surface area contributed by atoms with Crippen LogP contribution >= 0.6 is 11.3 Å². The Morgan fingerprint density at radius 3 is 3.09 bits per heavy atom. The maximum atomic E-state index is 12.7. The minimum atomic E-state index is -0.141. The van der Waals surface area contributed by atoms with Gasteiger partial charge >= 0.3 is 0 Å². The van der Waals surface area contributed by atoms with Gasteiger partial charge in [0.2, 0.25) is 0 Å². The molecule has 0 aromatic carbocycles. The summed E-state index contributed by atoms with van der Waals surface area (Å²) in [5.41, 5.74) is 2.47. The lowest BCUT2D eigenvalue weighted by atomic mass is 10.1. The Balaban J connectivity index is 1.75. The molecule has 0 unspecified atom stereocenters. The number of carbonyl (C=O) groups excluding carboxylic acids is 1. The van der Waals surface area contributed by atoms with Gasteiger partial charge in [0.15, 0.2) is 0 Å². The number of nitrogens with zero attached hydrogens (tertiary/aromatic N) is 5. The van der Waals surface area contributed by atoms with Crippen molar-refractivity contribution in [2.24, 2.45) is 0 Å². The number of amides is 1. The second kappa shape index (κ2) is 5.30. The molecular weight excluding hydrogens is 300 g/mol. The summed E-state index contributed by atoms with van der Waals surface area (Å²) in [6.45, 7) is 0. The molecule has 3 aromatic rings. The van der Waals surface area contributed by atoms with Gasteiger partial charge in [0.1, 0.15) is 11.3 Å². The summed E-state index contributed by atoms with van der Waals surface area (Å²) in [5.74, 6) is -0.141. The van der Waals surface area contributed by atoms with E-state index in [9.17, 15) is 4.79 Å². The van der Waals surface area contributed by atoms with Crippen molar-refractivity contribution in [2.45, 2.75) is 19.3 Å². The molecule has 3 aromatic heterocycles. The molecule has 0 bridgehead atoms. The first-order chi connectivity index (χ1) is 10.8. The van der Waals surface area contributed by atoms with E-state index in [1.165, 1.54) is 11.2 Å². The van der Waals surface area contributed by atoms with Gasteiger partial charge < -0.3 is 5.32 Å². The van der Waals surface area contributed by atoms with Crippen LogP contribution in [0, 0.1) is 0 Å². The van der Waals surface area contributed by atoms with E-state index in [0.29, 0.717) is 11.3 Å². The Kier molecular flexibility index (Phi) is 3.15. The largest absolute Gasteiger partial charge is 0.320 e. The number of pyridine rings is 1. The van der Waals surface area contributed by atoms with E-state index < -0.39 is 0 Å². The number of nitrogens with one attached hydrogen (secondary N) is 1. The Labute approximate surface area is 130 Å². The van der Waals surface area contributed by atoms with Crippen molar-refractivity contribution >= 4 is 22.9 Å². The maximum absolute atomic E-state index is 12.7. The van der Waals surface area contributed by atoms with Gasteiger partial charge in [0, 0.05) is 11.1 Å². The van der Waals surface area contributed by atoms with Gasteiger partial charge in [-0.05, 0) is 47.4 Å². The lowest BCUT2D eigenvalue weighted by Crippen LogP contribution is -2.15. The monoisotopic (exact) mass is 312 g/mol. The van der Waals surface area contributed by atoms with Crippen molar-refractivity contribution in [3.63, 3.8) is 0 Å². The summed E-state index contributed by atoms with van der Waals surface area (Å²) in [4.78, 5) is 18.0. The number of anilines is 1. The van der Waals surface area contributed by atoms with E-state index in [1.807, 2.05) is 6.07 Å². The summed E-state index contributed by atoms with van der Waals surface area (Å²) < 4.78 is 1.56. The molecule has 0 saturated carbocycles. The quantitative estimate of drug-likeness (QED) is 0.798. The first kappa shape index (κ1) is 13.1. The normalized spacial score (nSPS) is 13.1. The zero-order chi connectivity index (χ0) is 14.9. The molecule has 1 amide bonds. The summed E-state index contributed by atoms with van der Waals surface area (Å²) in [6, 6.07) is 3.60. The van der Waals surface area contributed by atoms with Gasteiger partial charge in [-0.25, -0.2) is 0 Å². The average Bonchev–Trinajstić information content (AvgIpc) is 3.24. The lowest BCUT2D eigenvalue weighted by molar-refractivity contribution is 0.102. The Bertz CT molecular complexity index is 811. The molecule has 3 heterocycles. The van der Waals surface area contributed by atoms with Gasteiger partial charge in [0.05, 0.1) is 17.4 Å². The standard InChI is InChI=1S/C14H12N6OS/c21-13(17-9-3-2-6-15-7-9)12-10-4-1-5-11(10)22-14(12)20-8-16-18-19-20/h2-3,6-8H,1,4-5H2,(H,17,21). The number of fused-ring (bicyclic) bond motifs is 1. The van der Waals surface area contributed by atoms with Gasteiger partial charge in [-0.1, -0.05) is 0 Å². The van der Waals surface area contributed by atoms with Crippen LogP contribution in [0.25, 0.3) is 5.00 Å². The molecule has 22 heavy (non-hydrogen) atoms. The van der Waals surface area contributed by atoms with Crippen LogP contribution in [0.2, 0.25) is 0 Å². The highest BCUT2D eigenvalue weighted by Gasteiger charge is 2.28. The van der Waals surface area contributed by atoms with Crippen LogP contribution in [0.15, 0.2) is 30.9 Å². The minimum absolute atomic E-state index is 0.141. The second-order valence-electron chi connectivity index (χ2n) is 4.99. The van der Waals surface area contributed by atoms with Crippen LogP contribution in [0.4, 0.5) is 5.69 Å². The Morgan fingerprint density at radius 1 is 1.36 bits per heavy atom. The first-order valence-corrected chi connectivity index (χ1v) is 7.74. The molecule has 4 rings (SSSR count). The van der Waals surface area contributed by atoms with Crippen molar-refractivity contribution in [1.82, 2.24) is 25.2 Å². The summed E-state index contributed by atoms with van der Waals surface area (Å²) in [7, 11) is 0. The zero-order valence-corrected chi connectivity index (χ0v) is 12.4. The van der Waals surface area contributed by atoms with Crippen molar-refractivity contribution in [3.05, 3.63) is 46.9 Å². The van der Waals surface area contributed by atoms with E-state index in [4.69, 9.17) is 0 Å². The van der Waals surface area contributed by atoms with Crippen LogP contribution in [-0.2, 0) is 12.8 Å². The third-order valence-electron chi connectivity index (χ3n) is 3.61. The van der Waals surface area contributed by atoms with Crippen molar-refractivity contribution in [3.8, 4) is 5.00 Å². The van der Waals surface area contributed by atoms with E-state index in [1.54, 1.807) is 34.5 Å². The van der Waals surface area contributed by atoms with Gasteiger partial charge in [-0.15, -0.1) is 16.4 Å². The SMILES string of the molecule is O=C(Nc1cccnc1)c1c(-n2cnnn2)sc2c1CCC2. The maximum Gasteiger partial charge on any atom is 0.259 e. The van der Waals surface area contributed by atoms with Gasteiger partial charge in [0.25, 0.3) is 5.91 Å². The molecule has 0 atom stereocenters. The highest BCUT2D eigenvalue weighted by molar-refractivity contribution is 7.15. The summed E-state index contributed by atoms with van der Waals surface area (Å²) >= 11 is 1.59. The van der Waals surface area contributed by atoms with Crippen LogP contribution in [0.1, 0.15) is 27.2 Å². The molecule has 0 fully saturated rings. The number of aryl methyl sites for hydroxylation is 1. The van der Waals surface area contributed by atoms with Crippen LogP contribution in [0.5, 0.6) is 0 Å². The highest BCUT2D eigenvalue weighted by Crippen LogP contribution is 2.37. The molecule has 0 saturated heterocycles. The van der Waals surface area contributed by atoms with Crippen LogP contribution in [-0.4, -0.2) is 31.1 Å². The van der Waals surface area contributed by atoms with E-state index in [-0.39, 0.29) is 5.91 Å². The predicted octanol–water partition coefficient (Wildman–Crippen LogP) is 1.86. The summed E-state index contributed by atoms with van der Waals surface area (Å²) in [6.07, 6.45) is 7.83. The van der Waals surface area contributed by atoms with E-state index >= 15 is 0 Å². The average molecular weight is 312 g/mol. The Hall–Kier alpha value is -2.61. The highest BCUT2D eigenvalue weighted by atomic mass is 32.1. The molecule has 1 aliphatic rings. The second-order valence-corrected chi connectivity index (χ2v) is 6.07. The number of carbonyl (C=O) groups is 1. The fourth-order valence-electron chi connectivity index (χ4n) is 2.67. The molecule has 110 valence electrons. The molecular formula is C14H12N6OS. The van der Waals surface area contributed by atoms with Crippen molar-refractivity contribution in [1.29, 1.82) is 0 Å². The van der Waals surface area contributed by atoms with Crippen LogP contribution < -0.4 is 5.32 Å². The van der Waals surface area contributed by atoms with Crippen molar-refractivity contribution < 1.29 is 4.79 Å². The Morgan fingerprint density at radius 2 is 2.32 bits per heavy atom. The molecule has 0 aliphatic heterocycles. The number of hydrogen-bond donors (Lipinski definition) is 1. The van der Waals surface area contributed by atoms with Crippen LogP contribution in [0.3, 0.4) is 0 Å². The predicted molar refractivity (Wildman–Crippen MR) is 81.2 cm³/mol. The third kappa shape index (κ3) is 2.17. The number of aromatic nitrogens is 5. The molecule has 8 heteroatoms. The van der Waals surface area contributed by atoms with Gasteiger partial charge in [-0.3, -0.25) is 9.78 Å². The molecule has 0 radical (unpaired) electrons. The summed E-state index contributed by atoms with van der Waals surface area (Å²) in [5, 5.41) is 14.9. The molecule has 1 N–H and O–H groups in total. The molecule has 1 aliphatic carbocycles. The number of thiophene rings is 1. The van der Waals surface area contributed by atoms with E-state index in [0.717, 1.165) is 29.8 Å². The fourth-order valence-corrected chi connectivity index (χ4v) is 3.97. The van der Waals surface area contributed by atoms with Gasteiger partial charge in [-0.2, -0.15) is 4.68 Å². The first-order valence-electron chi connectivity index (χ1n) is 6.92. The smallest absolute Gasteiger partial charge is 0.259 e. The number of hydrogen-bond acceptors (Lipinski definition) is 6. The topological polar surface area (TPSA) is 85.6 Å².